The molecule has 0 saturated heterocycles. The van der Waals surface area contributed by atoms with Crippen molar-refractivity contribution in [3.63, 3.8) is 0 Å². The zero-order valence-electron chi connectivity index (χ0n) is 14.1. The van der Waals surface area contributed by atoms with E-state index in [2.05, 4.69) is 15.3 Å². The highest BCUT2D eigenvalue weighted by atomic mass is 16.5. The first-order chi connectivity index (χ1) is 12.1. The Morgan fingerprint density at radius 1 is 0.880 bits per heavy atom. The van der Waals surface area contributed by atoms with Crippen LogP contribution in [0.3, 0.4) is 0 Å². The average Bonchev–Trinajstić information content (AvgIpc) is 2.66. The van der Waals surface area contributed by atoms with E-state index in [9.17, 15) is 4.79 Å². The molecule has 0 aliphatic carbocycles. The minimum Gasteiger partial charge on any atom is -0.497 e. The molecule has 2 aromatic carbocycles. The van der Waals surface area contributed by atoms with E-state index in [-0.39, 0.29) is 11.6 Å². The number of fused-ring (bicyclic) bond motifs is 1. The molecule has 7 heteroatoms. The van der Waals surface area contributed by atoms with E-state index in [0.717, 1.165) is 0 Å². The smallest absolute Gasteiger partial charge is 0.279 e. The molecule has 1 amide bonds. The van der Waals surface area contributed by atoms with Gasteiger partial charge in [-0.15, -0.1) is 0 Å². The first-order valence-electron chi connectivity index (χ1n) is 7.50. The van der Waals surface area contributed by atoms with Gasteiger partial charge in [0.25, 0.3) is 5.91 Å². The molecule has 1 N–H and O–H groups in total. The topological polar surface area (TPSA) is 82.6 Å². The molecular formula is C18H17N3O4. The highest BCUT2D eigenvalue weighted by Gasteiger charge is 2.18. The highest BCUT2D eigenvalue weighted by Crippen LogP contribution is 2.27. The summed E-state index contributed by atoms with van der Waals surface area (Å²) in [6, 6.07) is 12.3. The number of nitrogens with zero attached hydrogens (tertiary/aromatic N) is 2. The summed E-state index contributed by atoms with van der Waals surface area (Å²) in [6.45, 7) is 0. The Balaban J connectivity index is 1.97. The zero-order chi connectivity index (χ0) is 17.8. The molecule has 0 saturated carbocycles. The van der Waals surface area contributed by atoms with Gasteiger partial charge in [0.05, 0.1) is 32.4 Å². The quantitative estimate of drug-likeness (QED) is 0.769. The third-order valence-electron chi connectivity index (χ3n) is 3.56. The molecule has 0 unspecified atom stereocenters. The van der Waals surface area contributed by atoms with E-state index in [1.807, 2.05) is 12.1 Å². The molecule has 3 aromatic rings. The molecular weight excluding hydrogens is 322 g/mol. The van der Waals surface area contributed by atoms with Crippen molar-refractivity contribution in [1.29, 1.82) is 0 Å². The van der Waals surface area contributed by atoms with Crippen molar-refractivity contribution < 1.29 is 19.0 Å². The monoisotopic (exact) mass is 339 g/mol. The second-order valence-corrected chi connectivity index (χ2v) is 5.13. The van der Waals surface area contributed by atoms with Gasteiger partial charge in [-0.3, -0.25) is 4.79 Å². The molecule has 3 rings (SSSR count). The fourth-order valence-electron chi connectivity index (χ4n) is 2.34. The lowest BCUT2D eigenvalue weighted by molar-refractivity contribution is 0.101. The lowest BCUT2D eigenvalue weighted by atomic mass is 10.2. The molecule has 0 bridgehead atoms. The van der Waals surface area contributed by atoms with Crippen molar-refractivity contribution >= 4 is 22.6 Å². The summed E-state index contributed by atoms with van der Waals surface area (Å²) < 4.78 is 15.6. The van der Waals surface area contributed by atoms with Crippen LogP contribution in [-0.2, 0) is 0 Å². The molecule has 0 radical (unpaired) electrons. The fourth-order valence-corrected chi connectivity index (χ4v) is 2.34. The van der Waals surface area contributed by atoms with Crippen LogP contribution in [0.4, 0.5) is 5.69 Å². The predicted molar refractivity (Wildman–Crippen MR) is 93.6 cm³/mol. The standard InChI is InChI=1S/C18H17N3O4/c1-23-12-8-11(9-13(10-12)24-2)19-17(22)16-18(25-3)21-15-7-5-4-6-14(15)20-16/h4-10H,1-3H3,(H,19,22). The molecule has 128 valence electrons. The Hall–Kier alpha value is -3.35. The number of carbonyl (C=O) groups excluding carboxylic acids is 1. The SMILES string of the molecule is COc1cc(NC(=O)c2nc3ccccc3nc2OC)cc(OC)c1. The van der Waals surface area contributed by atoms with Crippen LogP contribution in [0.15, 0.2) is 42.5 Å². The average molecular weight is 339 g/mol. The molecule has 25 heavy (non-hydrogen) atoms. The first kappa shape index (κ1) is 16.5. The molecule has 1 aromatic heterocycles. The summed E-state index contributed by atoms with van der Waals surface area (Å²) in [5.74, 6) is 0.842. The van der Waals surface area contributed by atoms with E-state index in [4.69, 9.17) is 14.2 Å². The molecule has 1 heterocycles. The van der Waals surface area contributed by atoms with Crippen molar-refractivity contribution in [3.8, 4) is 17.4 Å². The summed E-state index contributed by atoms with van der Waals surface area (Å²) in [5, 5.41) is 2.77. The van der Waals surface area contributed by atoms with Crippen LogP contribution in [0.5, 0.6) is 17.4 Å². The number of para-hydroxylation sites is 2. The van der Waals surface area contributed by atoms with Gasteiger partial charge in [-0.25, -0.2) is 9.97 Å². The molecule has 0 fully saturated rings. The maximum atomic E-state index is 12.7. The van der Waals surface area contributed by atoms with Gasteiger partial charge in [0.15, 0.2) is 5.69 Å². The summed E-state index contributed by atoms with van der Waals surface area (Å²) in [7, 11) is 4.53. The number of amides is 1. The molecule has 0 aliphatic rings. The van der Waals surface area contributed by atoms with Gasteiger partial charge in [-0.05, 0) is 12.1 Å². The van der Waals surface area contributed by atoms with Crippen LogP contribution in [0.1, 0.15) is 10.5 Å². The van der Waals surface area contributed by atoms with Crippen molar-refractivity contribution in [2.24, 2.45) is 0 Å². The number of aromatic nitrogens is 2. The van der Waals surface area contributed by atoms with Crippen LogP contribution in [-0.4, -0.2) is 37.2 Å². The number of hydrogen-bond donors (Lipinski definition) is 1. The Labute approximate surface area is 144 Å². The number of nitrogens with one attached hydrogen (secondary N) is 1. The van der Waals surface area contributed by atoms with Crippen LogP contribution >= 0.6 is 0 Å². The van der Waals surface area contributed by atoms with Gasteiger partial charge in [-0.2, -0.15) is 0 Å². The third-order valence-corrected chi connectivity index (χ3v) is 3.56. The minimum absolute atomic E-state index is 0.1000. The second-order valence-electron chi connectivity index (χ2n) is 5.13. The van der Waals surface area contributed by atoms with Crippen molar-refractivity contribution in [2.45, 2.75) is 0 Å². The van der Waals surface area contributed by atoms with E-state index in [0.29, 0.717) is 28.2 Å². The molecule has 0 aliphatic heterocycles. The molecule has 0 atom stereocenters. The van der Waals surface area contributed by atoms with Gasteiger partial charge in [0, 0.05) is 23.9 Å². The summed E-state index contributed by atoms with van der Waals surface area (Å²) in [4.78, 5) is 21.4. The maximum Gasteiger partial charge on any atom is 0.279 e. The fraction of sp³-hybridized carbons (Fsp3) is 0.167. The van der Waals surface area contributed by atoms with Crippen molar-refractivity contribution in [2.75, 3.05) is 26.6 Å². The number of hydrogen-bond acceptors (Lipinski definition) is 6. The van der Waals surface area contributed by atoms with Gasteiger partial charge >= 0.3 is 0 Å². The number of benzene rings is 2. The van der Waals surface area contributed by atoms with Gasteiger partial charge < -0.3 is 19.5 Å². The lowest BCUT2D eigenvalue weighted by Crippen LogP contribution is -2.16. The number of ether oxygens (including phenoxy) is 3. The Bertz CT molecular complexity index is 905. The Morgan fingerprint density at radius 2 is 1.48 bits per heavy atom. The number of rotatable bonds is 5. The number of carbonyl (C=O) groups is 1. The lowest BCUT2D eigenvalue weighted by Gasteiger charge is -2.11. The van der Waals surface area contributed by atoms with Gasteiger partial charge in [0.2, 0.25) is 5.88 Å². The first-order valence-corrected chi connectivity index (χ1v) is 7.50. The second kappa shape index (κ2) is 7.04. The maximum absolute atomic E-state index is 12.7. The van der Waals surface area contributed by atoms with Crippen LogP contribution in [0.25, 0.3) is 11.0 Å². The summed E-state index contributed by atoms with van der Waals surface area (Å²) in [6.07, 6.45) is 0. The van der Waals surface area contributed by atoms with E-state index >= 15 is 0 Å². The van der Waals surface area contributed by atoms with E-state index in [1.54, 1.807) is 30.3 Å². The van der Waals surface area contributed by atoms with E-state index in [1.165, 1.54) is 21.3 Å². The molecule has 0 spiro atoms. The van der Waals surface area contributed by atoms with Gasteiger partial charge in [0.1, 0.15) is 11.5 Å². The third kappa shape index (κ3) is 3.45. The van der Waals surface area contributed by atoms with Crippen LogP contribution in [0.2, 0.25) is 0 Å². The predicted octanol–water partition coefficient (Wildman–Crippen LogP) is 2.91. The van der Waals surface area contributed by atoms with Crippen LogP contribution in [0, 0.1) is 0 Å². The zero-order valence-corrected chi connectivity index (χ0v) is 14.1. The number of methoxy groups -OCH3 is 3. The Morgan fingerprint density at radius 3 is 2.04 bits per heavy atom. The van der Waals surface area contributed by atoms with Crippen LogP contribution < -0.4 is 19.5 Å². The van der Waals surface area contributed by atoms with Crippen molar-refractivity contribution in [1.82, 2.24) is 9.97 Å². The largest absolute Gasteiger partial charge is 0.497 e. The summed E-state index contributed by atoms with van der Waals surface area (Å²) in [5.41, 5.74) is 1.87. The van der Waals surface area contributed by atoms with Crippen molar-refractivity contribution in [3.05, 3.63) is 48.2 Å². The summed E-state index contributed by atoms with van der Waals surface area (Å²) >= 11 is 0. The normalized spacial score (nSPS) is 10.4. The van der Waals surface area contributed by atoms with Gasteiger partial charge in [-0.1, -0.05) is 12.1 Å². The number of anilines is 1. The highest BCUT2D eigenvalue weighted by molar-refractivity contribution is 6.05. The van der Waals surface area contributed by atoms with E-state index < -0.39 is 5.91 Å². The molecule has 7 nitrogen and oxygen atoms in total. The Kier molecular flexibility index (Phi) is 4.65. The minimum atomic E-state index is -0.439.